The second-order valence-corrected chi connectivity index (χ2v) is 4.27. The molecule has 3 nitrogen and oxygen atoms in total. The Balaban J connectivity index is 2.22. The number of hydrogen-bond acceptors (Lipinski definition) is 3. The predicted molar refractivity (Wildman–Crippen MR) is 71.3 cm³/mol. The molecule has 20 heavy (non-hydrogen) atoms. The maximum absolute atomic E-state index is 13.9. The Morgan fingerprint density at radius 3 is 2.65 bits per heavy atom. The number of hydrogen-bond donors (Lipinski definition) is 0. The SMILES string of the molecule is Cc1ccc(C#N)cc1OCc1cccc(C#N)c1F. The van der Waals surface area contributed by atoms with Crippen LogP contribution in [0.3, 0.4) is 0 Å². The van der Waals surface area contributed by atoms with E-state index in [-0.39, 0.29) is 12.2 Å². The van der Waals surface area contributed by atoms with Crippen molar-refractivity contribution in [3.05, 3.63) is 64.5 Å². The van der Waals surface area contributed by atoms with Gasteiger partial charge in [0.25, 0.3) is 0 Å². The van der Waals surface area contributed by atoms with E-state index in [1.165, 1.54) is 6.07 Å². The Morgan fingerprint density at radius 1 is 1.15 bits per heavy atom. The molecule has 4 heteroatoms. The third-order valence-electron chi connectivity index (χ3n) is 2.90. The van der Waals surface area contributed by atoms with E-state index in [2.05, 4.69) is 0 Å². The zero-order valence-corrected chi connectivity index (χ0v) is 10.9. The lowest BCUT2D eigenvalue weighted by molar-refractivity contribution is 0.297. The fraction of sp³-hybridized carbons (Fsp3) is 0.125. The Bertz CT molecular complexity index is 724. The highest BCUT2D eigenvalue weighted by Gasteiger charge is 2.09. The smallest absolute Gasteiger partial charge is 0.147 e. The van der Waals surface area contributed by atoms with E-state index < -0.39 is 5.82 Å². The summed E-state index contributed by atoms with van der Waals surface area (Å²) in [5.74, 6) is -0.0325. The van der Waals surface area contributed by atoms with Gasteiger partial charge in [0.15, 0.2) is 0 Å². The molecule has 0 spiro atoms. The second-order valence-electron chi connectivity index (χ2n) is 4.27. The molecule has 0 amide bonds. The van der Waals surface area contributed by atoms with Crippen LogP contribution in [0.2, 0.25) is 0 Å². The molecule has 0 aliphatic heterocycles. The molecule has 0 fully saturated rings. The lowest BCUT2D eigenvalue weighted by atomic mass is 10.1. The number of aryl methyl sites for hydroxylation is 1. The van der Waals surface area contributed by atoms with E-state index >= 15 is 0 Å². The fourth-order valence-corrected chi connectivity index (χ4v) is 1.76. The molecule has 0 atom stereocenters. The molecule has 98 valence electrons. The molecule has 0 aliphatic rings. The predicted octanol–water partition coefficient (Wildman–Crippen LogP) is 3.46. The first-order valence-corrected chi connectivity index (χ1v) is 5.96. The van der Waals surface area contributed by atoms with Crippen LogP contribution in [0, 0.1) is 35.4 Å². The van der Waals surface area contributed by atoms with Crippen LogP contribution in [0.1, 0.15) is 22.3 Å². The topological polar surface area (TPSA) is 56.8 Å². The summed E-state index contributed by atoms with van der Waals surface area (Å²) in [7, 11) is 0. The first kappa shape index (κ1) is 13.6. The Hall–Kier alpha value is -2.85. The van der Waals surface area contributed by atoms with Crippen molar-refractivity contribution in [1.82, 2.24) is 0 Å². The van der Waals surface area contributed by atoms with Crippen LogP contribution in [0.15, 0.2) is 36.4 Å². The minimum atomic E-state index is -0.566. The number of nitriles is 2. The molecule has 0 saturated heterocycles. The van der Waals surface area contributed by atoms with Gasteiger partial charge >= 0.3 is 0 Å². The summed E-state index contributed by atoms with van der Waals surface area (Å²) in [6.45, 7) is 1.86. The Labute approximate surface area is 116 Å². The largest absolute Gasteiger partial charge is 0.488 e. The molecule has 2 aromatic rings. The van der Waals surface area contributed by atoms with Crippen LogP contribution < -0.4 is 4.74 Å². The maximum atomic E-state index is 13.9. The minimum Gasteiger partial charge on any atom is -0.488 e. The van der Waals surface area contributed by atoms with Gasteiger partial charge in [0.2, 0.25) is 0 Å². The van der Waals surface area contributed by atoms with Gasteiger partial charge in [-0.3, -0.25) is 0 Å². The van der Waals surface area contributed by atoms with Gasteiger partial charge in [0.05, 0.1) is 17.2 Å². The van der Waals surface area contributed by atoms with Gasteiger partial charge in [-0.15, -0.1) is 0 Å². The van der Waals surface area contributed by atoms with Crippen molar-refractivity contribution in [3.8, 4) is 17.9 Å². The minimum absolute atomic E-state index is 0.00593. The van der Waals surface area contributed by atoms with E-state index in [4.69, 9.17) is 15.3 Å². The van der Waals surface area contributed by atoms with Gasteiger partial charge in [-0.1, -0.05) is 18.2 Å². The number of ether oxygens (including phenoxy) is 1. The van der Waals surface area contributed by atoms with Gasteiger partial charge < -0.3 is 4.74 Å². The van der Waals surface area contributed by atoms with Crippen molar-refractivity contribution in [1.29, 1.82) is 10.5 Å². The molecular weight excluding hydrogens is 255 g/mol. The number of nitrogens with zero attached hydrogens (tertiary/aromatic N) is 2. The van der Waals surface area contributed by atoms with Crippen LogP contribution >= 0.6 is 0 Å². The van der Waals surface area contributed by atoms with Gasteiger partial charge in [-0.2, -0.15) is 10.5 Å². The van der Waals surface area contributed by atoms with E-state index in [1.54, 1.807) is 36.4 Å². The van der Waals surface area contributed by atoms with E-state index in [9.17, 15) is 4.39 Å². The van der Waals surface area contributed by atoms with Crippen molar-refractivity contribution in [3.63, 3.8) is 0 Å². The van der Waals surface area contributed by atoms with Crippen LogP contribution in [0.5, 0.6) is 5.75 Å². The summed E-state index contributed by atoms with van der Waals surface area (Å²) in [6.07, 6.45) is 0. The summed E-state index contributed by atoms with van der Waals surface area (Å²) < 4.78 is 19.4. The van der Waals surface area contributed by atoms with E-state index in [0.717, 1.165) is 5.56 Å². The highest BCUT2D eigenvalue weighted by atomic mass is 19.1. The number of rotatable bonds is 3. The second kappa shape index (κ2) is 5.86. The van der Waals surface area contributed by atoms with E-state index in [1.807, 2.05) is 13.0 Å². The van der Waals surface area contributed by atoms with Crippen LogP contribution in [-0.2, 0) is 6.61 Å². The van der Waals surface area contributed by atoms with Crippen LogP contribution in [0.4, 0.5) is 4.39 Å². The maximum Gasteiger partial charge on any atom is 0.147 e. The molecule has 0 heterocycles. The molecule has 0 aliphatic carbocycles. The first-order chi connectivity index (χ1) is 9.65. The van der Waals surface area contributed by atoms with Crippen molar-refractivity contribution in [2.45, 2.75) is 13.5 Å². The molecule has 2 aromatic carbocycles. The molecule has 2 rings (SSSR count). The molecule has 0 N–H and O–H groups in total. The molecule has 0 radical (unpaired) electrons. The standard InChI is InChI=1S/C16H11FN2O/c1-11-5-6-12(8-18)7-15(11)20-10-14-4-2-3-13(9-19)16(14)17/h2-7H,10H2,1H3. The average molecular weight is 266 g/mol. The monoisotopic (exact) mass is 266 g/mol. The summed E-state index contributed by atoms with van der Waals surface area (Å²) in [6, 6.07) is 13.5. The van der Waals surface area contributed by atoms with Gasteiger partial charge in [0, 0.05) is 5.56 Å². The Morgan fingerprint density at radius 2 is 1.95 bits per heavy atom. The molecule has 0 bridgehead atoms. The number of benzene rings is 2. The molecule has 0 aromatic heterocycles. The van der Waals surface area contributed by atoms with Crippen molar-refractivity contribution in [2.75, 3.05) is 0 Å². The number of halogens is 1. The zero-order chi connectivity index (χ0) is 14.5. The van der Waals surface area contributed by atoms with Crippen LogP contribution in [0.25, 0.3) is 0 Å². The molecule has 0 unspecified atom stereocenters. The van der Waals surface area contributed by atoms with Gasteiger partial charge in [-0.05, 0) is 30.7 Å². The van der Waals surface area contributed by atoms with Gasteiger partial charge in [-0.25, -0.2) is 4.39 Å². The normalized spacial score (nSPS) is 9.60. The lowest BCUT2D eigenvalue weighted by Crippen LogP contribution is -2.01. The average Bonchev–Trinajstić information content (AvgIpc) is 2.47. The summed E-state index contributed by atoms with van der Waals surface area (Å²) in [4.78, 5) is 0. The van der Waals surface area contributed by atoms with E-state index in [0.29, 0.717) is 16.9 Å². The highest BCUT2D eigenvalue weighted by Crippen LogP contribution is 2.21. The third-order valence-corrected chi connectivity index (χ3v) is 2.90. The molecular formula is C16H11FN2O. The molecule has 0 saturated carbocycles. The van der Waals surface area contributed by atoms with Crippen molar-refractivity contribution >= 4 is 0 Å². The summed E-state index contributed by atoms with van der Waals surface area (Å²) in [5.41, 5.74) is 1.65. The lowest BCUT2D eigenvalue weighted by Gasteiger charge is -2.10. The third kappa shape index (κ3) is 2.76. The summed E-state index contributed by atoms with van der Waals surface area (Å²) in [5, 5.41) is 17.6. The zero-order valence-electron chi connectivity index (χ0n) is 10.9. The summed E-state index contributed by atoms with van der Waals surface area (Å²) >= 11 is 0. The van der Waals surface area contributed by atoms with Crippen molar-refractivity contribution < 1.29 is 9.13 Å². The quantitative estimate of drug-likeness (QED) is 0.854. The first-order valence-electron chi connectivity index (χ1n) is 5.96. The fourth-order valence-electron chi connectivity index (χ4n) is 1.76. The Kier molecular flexibility index (Phi) is 3.98. The van der Waals surface area contributed by atoms with Gasteiger partial charge in [0.1, 0.15) is 24.2 Å². The highest BCUT2D eigenvalue weighted by molar-refractivity contribution is 5.42. The van der Waals surface area contributed by atoms with Crippen LogP contribution in [-0.4, -0.2) is 0 Å². The van der Waals surface area contributed by atoms with Crippen molar-refractivity contribution in [2.24, 2.45) is 0 Å².